The first-order valence-corrected chi connectivity index (χ1v) is 5.26. The van der Waals surface area contributed by atoms with Crippen molar-refractivity contribution in [1.29, 1.82) is 0 Å². The lowest BCUT2D eigenvalue weighted by molar-refractivity contribution is -0.145. The number of nitrogens with zero attached hydrogens (tertiary/aromatic N) is 2. The van der Waals surface area contributed by atoms with Gasteiger partial charge in [-0.3, -0.25) is 0 Å². The normalized spacial score (nSPS) is 15.8. The van der Waals surface area contributed by atoms with E-state index in [-0.39, 0.29) is 11.7 Å². The highest BCUT2D eigenvalue weighted by Crippen LogP contribution is 2.31. The lowest BCUT2D eigenvalue weighted by Gasteiger charge is -2.10. The molecule has 0 radical (unpaired) electrons. The molecule has 0 aromatic carbocycles. The zero-order valence-corrected chi connectivity index (χ0v) is 9.21. The molecule has 4 nitrogen and oxygen atoms in total. The van der Waals surface area contributed by atoms with Gasteiger partial charge in [0.2, 0.25) is 11.7 Å². The highest BCUT2D eigenvalue weighted by molar-refractivity contribution is 5.38. The van der Waals surface area contributed by atoms with Crippen LogP contribution in [0.1, 0.15) is 18.7 Å². The molecule has 0 atom stereocenters. The van der Waals surface area contributed by atoms with Crippen molar-refractivity contribution < 1.29 is 17.9 Å². The first kappa shape index (κ1) is 11.9. The van der Waals surface area contributed by atoms with E-state index in [1.807, 2.05) is 0 Å². The van der Waals surface area contributed by atoms with Gasteiger partial charge < -0.3 is 10.1 Å². The average Bonchev–Trinajstić information content (AvgIpc) is 3.08. The van der Waals surface area contributed by atoms with Gasteiger partial charge >= 0.3 is 6.18 Å². The minimum absolute atomic E-state index is 0.0384. The molecule has 1 N–H and O–H groups in total. The maximum absolute atomic E-state index is 12.5. The maximum atomic E-state index is 12.5. The van der Waals surface area contributed by atoms with E-state index >= 15 is 0 Å². The fourth-order valence-electron chi connectivity index (χ4n) is 1.24. The monoisotopic (exact) mass is 247 g/mol. The molecule has 1 saturated carbocycles. The molecule has 7 heteroatoms. The van der Waals surface area contributed by atoms with Crippen molar-refractivity contribution in [2.24, 2.45) is 5.92 Å². The molecule has 1 heterocycles. The Morgan fingerprint density at radius 1 is 1.41 bits per heavy atom. The van der Waals surface area contributed by atoms with E-state index in [1.54, 1.807) is 0 Å². The number of ether oxygens (including phenoxy) is 1. The minimum atomic E-state index is -4.56. The Labute approximate surface area is 96.2 Å². The van der Waals surface area contributed by atoms with Crippen LogP contribution in [0.2, 0.25) is 0 Å². The summed E-state index contributed by atoms with van der Waals surface area (Å²) in [7, 11) is 1.49. The molecule has 1 aromatic rings. The summed E-state index contributed by atoms with van der Waals surface area (Å²) in [5, 5.41) is 2.55. The molecular weight excluding hydrogens is 235 g/mol. The van der Waals surface area contributed by atoms with Crippen molar-refractivity contribution in [2.45, 2.75) is 19.0 Å². The number of rotatable bonds is 4. The fourth-order valence-corrected chi connectivity index (χ4v) is 1.24. The second kappa shape index (κ2) is 4.38. The summed E-state index contributed by atoms with van der Waals surface area (Å²) in [6.07, 6.45) is -2.43. The SMILES string of the molecule is CNc1cc(OCC2CC2)nc(C(F)(F)F)n1. The molecule has 2 rings (SSSR count). The van der Waals surface area contributed by atoms with Gasteiger partial charge in [0, 0.05) is 13.1 Å². The second-order valence-corrected chi connectivity index (χ2v) is 3.92. The Kier molecular flexibility index (Phi) is 3.08. The van der Waals surface area contributed by atoms with Crippen LogP contribution in [0.4, 0.5) is 19.0 Å². The molecule has 1 fully saturated rings. The first-order valence-electron chi connectivity index (χ1n) is 5.26. The molecule has 1 aliphatic carbocycles. The molecule has 0 saturated heterocycles. The Morgan fingerprint density at radius 2 is 2.12 bits per heavy atom. The summed E-state index contributed by atoms with van der Waals surface area (Å²) in [5.74, 6) is -0.672. The molecule has 1 aromatic heterocycles. The quantitative estimate of drug-likeness (QED) is 0.887. The highest BCUT2D eigenvalue weighted by Gasteiger charge is 2.35. The number of halogens is 3. The van der Waals surface area contributed by atoms with Crippen LogP contribution in [0.3, 0.4) is 0 Å². The third-order valence-electron chi connectivity index (χ3n) is 2.38. The van der Waals surface area contributed by atoms with Gasteiger partial charge in [-0.1, -0.05) is 0 Å². The van der Waals surface area contributed by atoms with Gasteiger partial charge in [0.25, 0.3) is 0 Å². The van der Waals surface area contributed by atoms with E-state index < -0.39 is 12.0 Å². The predicted octanol–water partition coefficient (Wildman–Crippen LogP) is 2.33. The fraction of sp³-hybridized carbons (Fsp3) is 0.600. The maximum Gasteiger partial charge on any atom is 0.451 e. The van der Waals surface area contributed by atoms with E-state index in [4.69, 9.17) is 4.74 Å². The minimum Gasteiger partial charge on any atom is -0.477 e. The van der Waals surface area contributed by atoms with Crippen LogP contribution in [-0.4, -0.2) is 23.6 Å². The van der Waals surface area contributed by atoms with Crippen LogP contribution in [-0.2, 0) is 6.18 Å². The number of anilines is 1. The van der Waals surface area contributed by atoms with Crippen LogP contribution < -0.4 is 10.1 Å². The van der Waals surface area contributed by atoms with Gasteiger partial charge in [0.15, 0.2) is 0 Å². The number of nitrogens with one attached hydrogen (secondary N) is 1. The standard InChI is InChI=1S/C10H12F3N3O/c1-14-7-4-8(17-5-6-2-3-6)16-9(15-7)10(11,12)13/h4,6H,2-3,5H2,1H3,(H,14,15,16). The Bertz CT molecular complexity index is 404. The first-order chi connectivity index (χ1) is 7.99. The van der Waals surface area contributed by atoms with Gasteiger partial charge in [-0.05, 0) is 18.8 Å². The molecule has 0 amide bonds. The largest absolute Gasteiger partial charge is 0.477 e. The van der Waals surface area contributed by atoms with Crippen LogP contribution in [0.25, 0.3) is 0 Å². The topological polar surface area (TPSA) is 47.0 Å². The molecule has 0 bridgehead atoms. The van der Waals surface area contributed by atoms with Gasteiger partial charge in [-0.2, -0.15) is 18.2 Å². The Morgan fingerprint density at radius 3 is 2.65 bits per heavy atom. The number of hydrogen-bond donors (Lipinski definition) is 1. The third-order valence-corrected chi connectivity index (χ3v) is 2.38. The number of hydrogen-bond acceptors (Lipinski definition) is 4. The van der Waals surface area contributed by atoms with Crippen LogP contribution in [0.5, 0.6) is 5.88 Å². The summed E-state index contributed by atoms with van der Waals surface area (Å²) in [4.78, 5) is 6.69. The van der Waals surface area contributed by atoms with E-state index in [0.717, 1.165) is 12.8 Å². The van der Waals surface area contributed by atoms with Gasteiger partial charge in [-0.15, -0.1) is 0 Å². The molecule has 0 spiro atoms. The van der Waals surface area contributed by atoms with Crippen LogP contribution in [0.15, 0.2) is 6.07 Å². The summed E-state index contributed by atoms with van der Waals surface area (Å²) < 4.78 is 42.7. The summed E-state index contributed by atoms with van der Waals surface area (Å²) in [6, 6.07) is 1.36. The van der Waals surface area contributed by atoms with E-state index in [2.05, 4.69) is 15.3 Å². The van der Waals surface area contributed by atoms with Gasteiger partial charge in [-0.25, -0.2) is 4.98 Å². The Hall–Kier alpha value is -1.53. The zero-order valence-electron chi connectivity index (χ0n) is 9.21. The zero-order chi connectivity index (χ0) is 12.5. The summed E-state index contributed by atoms with van der Waals surface area (Å²) in [5.41, 5.74) is 0. The molecule has 0 aliphatic heterocycles. The van der Waals surface area contributed by atoms with Crippen molar-refractivity contribution in [2.75, 3.05) is 19.0 Å². The van der Waals surface area contributed by atoms with Crippen LogP contribution >= 0.6 is 0 Å². The van der Waals surface area contributed by atoms with Gasteiger partial charge in [0.05, 0.1) is 6.61 Å². The number of alkyl halides is 3. The van der Waals surface area contributed by atoms with Gasteiger partial charge in [0.1, 0.15) is 5.82 Å². The average molecular weight is 247 g/mol. The summed E-state index contributed by atoms with van der Waals surface area (Å²) in [6.45, 7) is 0.414. The van der Waals surface area contributed by atoms with E-state index in [0.29, 0.717) is 12.5 Å². The van der Waals surface area contributed by atoms with Crippen molar-refractivity contribution in [1.82, 2.24) is 9.97 Å². The van der Waals surface area contributed by atoms with Crippen molar-refractivity contribution in [3.63, 3.8) is 0 Å². The van der Waals surface area contributed by atoms with E-state index in [1.165, 1.54) is 13.1 Å². The van der Waals surface area contributed by atoms with Crippen LogP contribution in [0, 0.1) is 5.92 Å². The van der Waals surface area contributed by atoms with Crippen molar-refractivity contribution in [3.05, 3.63) is 11.9 Å². The lowest BCUT2D eigenvalue weighted by Crippen LogP contribution is -2.14. The smallest absolute Gasteiger partial charge is 0.451 e. The lowest BCUT2D eigenvalue weighted by atomic mass is 10.4. The predicted molar refractivity (Wildman–Crippen MR) is 54.8 cm³/mol. The van der Waals surface area contributed by atoms with Crippen molar-refractivity contribution in [3.8, 4) is 5.88 Å². The third kappa shape index (κ3) is 3.21. The molecule has 0 unspecified atom stereocenters. The van der Waals surface area contributed by atoms with Crippen molar-refractivity contribution >= 4 is 5.82 Å². The Balaban J connectivity index is 2.18. The molecular formula is C10H12F3N3O. The van der Waals surface area contributed by atoms with E-state index in [9.17, 15) is 13.2 Å². The second-order valence-electron chi connectivity index (χ2n) is 3.92. The summed E-state index contributed by atoms with van der Waals surface area (Å²) >= 11 is 0. The molecule has 1 aliphatic rings. The molecule has 94 valence electrons. The highest BCUT2D eigenvalue weighted by atomic mass is 19.4. The number of aromatic nitrogens is 2. The molecule has 17 heavy (non-hydrogen) atoms.